The Labute approximate surface area is 191 Å². The molecule has 13 nitrogen and oxygen atoms in total. The fourth-order valence-corrected chi connectivity index (χ4v) is 3.79. The van der Waals surface area contributed by atoms with Gasteiger partial charge >= 0.3 is 17.9 Å². The average Bonchev–Trinajstić information content (AvgIpc) is 2.71. The molecule has 0 radical (unpaired) electrons. The lowest BCUT2D eigenvalue weighted by Crippen LogP contribution is -2.70. The summed E-state index contributed by atoms with van der Waals surface area (Å²) < 4.78 is 21.7. The predicted octanol–water partition coefficient (Wildman–Crippen LogP) is 0.693. The number of nitrogens with one attached hydrogen (secondary N) is 1. The maximum atomic E-state index is 12.8. The highest BCUT2D eigenvalue weighted by atomic mass is 16.6. The van der Waals surface area contributed by atoms with Crippen molar-refractivity contribution in [2.45, 2.75) is 76.1 Å². The van der Waals surface area contributed by atoms with E-state index in [2.05, 4.69) is 21.9 Å². The van der Waals surface area contributed by atoms with E-state index in [9.17, 15) is 24.3 Å². The van der Waals surface area contributed by atoms with Crippen molar-refractivity contribution in [3.8, 4) is 0 Å². The highest BCUT2D eigenvalue weighted by Gasteiger charge is 2.58. The lowest BCUT2D eigenvalue weighted by Gasteiger charge is -2.50. The number of nitrogens with zero attached hydrogens (tertiary/aromatic N) is 3. The van der Waals surface area contributed by atoms with E-state index in [-0.39, 0.29) is 12.8 Å². The van der Waals surface area contributed by atoms with Gasteiger partial charge in [-0.25, -0.2) is 4.79 Å². The van der Waals surface area contributed by atoms with Crippen LogP contribution in [0.3, 0.4) is 0 Å². The van der Waals surface area contributed by atoms with E-state index in [1.807, 2.05) is 0 Å². The second kappa shape index (κ2) is 11.6. The quantitative estimate of drug-likeness (QED) is 0.116. The number of rotatable bonds is 10. The van der Waals surface area contributed by atoms with Gasteiger partial charge in [-0.15, -0.1) is 6.58 Å². The van der Waals surface area contributed by atoms with Crippen molar-refractivity contribution in [2.24, 2.45) is 5.11 Å². The summed E-state index contributed by atoms with van der Waals surface area (Å²) in [4.78, 5) is 51.1. The molecule has 1 unspecified atom stereocenters. The third-order valence-corrected chi connectivity index (χ3v) is 5.02. The van der Waals surface area contributed by atoms with E-state index in [1.165, 1.54) is 19.9 Å². The minimum Gasteiger partial charge on any atom is -0.467 e. The van der Waals surface area contributed by atoms with Gasteiger partial charge in [-0.1, -0.05) is 11.2 Å². The lowest BCUT2D eigenvalue weighted by atomic mass is 9.79. The number of carbonyl (C=O) groups is 4. The first-order valence-corrected chi connectivity index (χ1v) is 10.1. The van der Waals surface area contributed by atoms with Crippen LogP contribution in [0.15, 0.2) is 17.8 Å². The van der Waals surface area contributed by atoms with Gasteiger partial charge in [-0.05, 0) is 12.5 Å². The third kappa shape index (κ3) is 7.17. The topological polar surface area (TPSA) is 186 Å². The van der Waals surface area contributed by atoms with Crippen molar-refractivity contribution >= 4 is 23.8 Å². The first-order valence-electron chi connectivity index (χ1n) is 10.1. The number of carbonyl (C=O) groups excluding carboxylic acids is 4. The molecule has 0 aromatic carbocycles. The zero-order valence-electron chi connectivity index (χ0n) is 19.3. The second-order valence-electron chi connectivity index (χ2n) is 7.92. The average molecular weight is 470 g/mol. The lowest BCUT2D eigenvalue weighted by molar-refractivity contribution is -0.246. The summed E-state index contributed by atoms with van der Waals surface area (Å²) in [7, 11) is 1.13. The third-order valence-electron chi connectivity index (χ3n) is 5.02. The van der Waals surface area contributed by atoms with Gasteiger partial charge in [0.2, 0.25) is 5.91 Å². The number of aliphatic hydroxyl groups is 1. The summed E-state index contributed by atoms with van der Waals surface area (Å²) in [5.41, 5.74) is 4.94. The van der Waals surface area contributed by atoms with Gasteiger partial charge in [0, 0.05) is 38.5 Å². The van der Waals surface area contributed by atoms with Gasteiger partial charge in [0.1, 0.15) is 17.8 Å². The first kappa shape index (κ1) is 27.9. The SMILES string of the molecule is C=CC[C@]1(C(=O)OC)C[C@H](OC(C)=O)[C@@H](NC(C)=O)[C@H]([C@H](OC(C)=O)C(C)(O)CN=[N+]=[N-])O1. The smallest absolute Gasteiger partial charge is 0.338 e. The van der Waals surface area contributed by atoms with Crippen molar-refractivity contribution in [3.05, 3.63) is 23.1 Å². The zero-order chi connectivity index (χ0) is 25.4. The van der Waals surface area contributed by atoms with E-state index < -0.39 is 65.9 Å². The zero-order valence-corrected chi connectivity index (χ0v) is 19.3. The highest BCUT2D eigenvalue weighted by Crippen LogP contribution is 2.39. The molecule has 1 aliphatic rings. The molecule has 0 saturated carbocycles. The van der Waals surface area contributed by atoms with Gasteiger partial charge < -0.3 is 29.4 Å². The van der Waals surface area contributed by atoms with Crippen LogP contribution in [-0.4, -0.2) is 78.1 Å². The molecule has 1 saturated heterocycles. The molecule has 2 N–H and O–H groups in total. The summed E-state index contributed by atoms with van der Waals surface area (Å²) in [5, 5.41) is 17.0. The van der Waals surface area contributed by atoms with E-state index >= 15 is 0 Å². The van der Waals surface area contributed by atoms with Crippen LogP contribution >= 0.6 is 0 Å². The number of azide groups is 1. The number of esters is 3. The molecule has 6 atom stereocenters. The number of amides is 1. The molecule has 1 aliphatic heterocycles. The number of ether oxygens (including phenoxy) is 4. The summed E-state index contributed by atoms with van der Waals surface area (Å²) >= 11 is 0. The molecule has 1 fully saturated rings. The fraction of sp³-hybridized carbons (Fsp3) is 0.700. The number of hydrogen-bond acceptors (Lipinski definition) is 10. The molecular formula is C20H30N4O9. The molecule has 0 aromatic heterocycles. The van der Waals surface area contributed by atoms with Crippen LogP contribution in [0.2, 0.25) is 0 Å². The van der Waals surface area contributed by atoms with Crippen LogP contribution in [0.4, 0.5) is 0 Å². The maximum Gasteiger partial charge on any atom is 0.338 e. The van der Waals surface area contributed by atoms with E-state index in [0.29, 0.717) is 0 Å². The molecular weight excluding hydrogens is 440 g/mol. The van der Waals surface area contributed by atoms with Crippen LogP contribution in [-0.2, 0) is 38.1 Å². The Morgan fingerprint density at radius 2 is 2.00 bits per heavy atom. The molecule has 1 amide bonds. The molecule has 0 bridgehead atoms. The highest BCUT2D eigenvalue weighted by molar-refractivity contribution is 5.80. The van der Waals surface area contributed by atoms with Crippen LogP contribution < -0.4 is 5.32 Å². The standard InChI is InChI=1S/C20H30N4O9/c1-7-8-20(18(28)30-6)9-14(31-12(3)26)15(23-11(2)25)16(33-20)17(32-13(4)27)19(5,29)10-22-24-21/h7,14-17,29H,1,8-10H2,2-6H3,(H,23,25)/t14-,15+,16+,17-,19?,20+/m0/s1. The van der Waals surface area contributed by atoms with Crippen molar-refractivity contribution in [1.29, 1.82) is 0 Å². The van der Waals surface area contributed by atoms with Gasteiger partial charge in [-0.3, -0.25) is 14.4 Å². The summed E-state index contributed by atoms with van der Waals surface area (Å²) in [6, 6.07) is -1.16. The minimum atomic E-state index is -2.01. The molecule has 0 spiro atoms. The van der Waals surface area contributed by atoms with Crippen LogP contribution in [0.1, 0.15) is 40.5 Å². The number of hydrogen-bond donors (Lipinski definition) is 2. The van der Waals surface area contributed by atoms with E-state index in [4.69, 9.17) is 24.5 Å². The molecule has 1 rings (SSSR count). The molecule has 1 heterocycles. The van der Waals surface area contributed by atoms with Crippen molar-refractivity contribution < 1.29 is 43.2 Å². The Bertz CT molecular complexity index is 824. The minimum absolute atomic E-state index is 0.0913. The fourth-order valence-electron chi connectivity index (χ4n) is 3.79. The molecule has 33 heavy (non-hydrogen) atoms. The van der Waals surface area contributed by atoms with E-state index in [0.717, 1.165) is 21.0 Å². The molecule has 13 heteroatoms. The second-order valence-corrected chi connectivity index (χ2v) is 7.92. The molecule has 184 valence electrons. The Balaban J connectivity index is 3.75. The summed E-state index contributed by atoms with van der Waals surface area (Å²) in [6.45, 7) is 7.73. The maximum absolute atomic E-state index is 12.8. The first-order chi connectivity index (χ1) is 15.3. The normalized spacial score (nSPS) is 27.0. The summed E-state index contributed by atoms with van der Waals surface area (Å²) in [6.07, 6.45) is -3.07. The Hall–Kier alpha value is -3.15. The summed E-state index contributed by atoms with van der Waals surface area (Å²) in [5.74, 6) is -2.91. The Morgan fingerprint density at radius 3 is 2.45 bits per heavy atom. The van der Waals surface area contributed by atoms with Crippen LogP contribution in [0, 0.1) is 0 Å². The number of methoxy groups -OCH3 is 1. The Kier molecular flexibility index (Phi) is 9.83. The Morgan fingerprint density at radius 1 is 1.36 bits per heavy atom. The van der Waals surface area contributed by atoms with Crippen LogP contribution in [0.25, 0.3) is 10.4 Å². The van der Waals surface area contributed by atoms with Crippen molar-refractivity contribution in [3.63, 3.8) is 0 Å². The van der Waals surface area contributed by atoms with Crippen molar-refractivity contribution in [2.75, 3.05) is 13.7 Å². The predicted molar refractivity (Wildman–Crippen MR) is 112 cm³/mol. The monoisotopic (exact) mass is 470 g/mol. The molecule has 0 aliphatic carbocycles. The van der Waals surface area contributed by atoms with Gasteiger partial charge in [0.05, 0.1) is 19.7 Å². The van der Waals surface area contributed by atoms with Crippen LogP contribution in [0.5, 0.6) is 0 Å². The van der Waals surface area contributed by atoms with Gasteiger partial charge in [0.25, 0.3) is 0 Å². The van der Waals surface area contributed by atoms with Gasteiger partial charge in [-0.2, -0.15) is 0 Å². The largest absolute Gasteiger partial charge is 0.467 e. The van der Waals surface area contributed by atoms with E-state index in [1.54, 1.807) is 0 Å². The molecule has 0 aromatic rings. The van der Waals surface area contributed by atoms with Crippen molar-refractivity contribution in [1.82, 2.24) is 5.32 Å². The van der Waals surface area contributed by atoms with Gasteiger partial charge in [0.15, 0.2) is 11.7 Å².